The molecule has 0 bridgehead atoms. The summed E-state index contributed by atoms with van der Waals surface area (Å²) in [6, 6.07) is 19.4. The summed E-state index contributed by atoms with van der Waals surface area (Å²) in [7, 11) is 0. The van der Waals surface area contributed by atoms with Gasteiger partial charge in [0.05, 0.1) is 13.1 Å². The summed E-state index contributed by atoms with van der Waals surface area (Å²) in [5.74, 6) is 1.65. The van der Waals surface area contributed by atoms with Crippen LogP contribution in [0.15, 0.2) is 54.6 Å². The second-order valence-corrected chi connectivity index (χ2v) is 9.67. The van der Waals surface area contributed by atoms with E-state index in [0.717, 1.165) is 38.5 Å². The van der Waals surface area contributed by atoms with Crippen LogP contribution in [0.2, 0.25) is 0 Å². The number of nitrogens with one attached hydrogen (secondary N) is 1. The Bertz CT molecular complexity index is 841. The maximum Gasteiger partial charge on any atom is 0.234 e. The predicted molar refractivity (Wildman–Crippen MR) is 134 cm³/mol. The number of hydrogen-bond acceptors (Lipinski definition) is 4. The Morgan fingerprint density at radius 3 is 2.33 bits per heavy atom. The van der Waals surface area contributed by atoms with Crippen LogP contribution in [0.25, 0.3) is 0 Å². The second kappa shape index (κ2) is 12.2. The van der Waals surface area contributed by atoms with E-state index in [0.29, 0.717) is 19.0 Å². The lowest BCUT2D eigenvalue weighted by molar-refractivity contribution is -0.122. The number of likely N-dealkylation sites (tertiary alicyclic amines) is 2. The smallest absolute Gasteiger partial charge is 0.234 e. The number of carbonyl (C=O) groups excluding carboxylic acids is 1. The van der Waals surface area contributed by atoms with Crippen molar-refractivity contribution >= 4 is 5.91 Å². The summed E-state index contributed by atoms with van der Waals surface area (Å²) in [6.07, 6.45) is 6.09. The number of ether oxygens (including phenoxy) is 1. The molecule has 2 aromatic rings. The largest absolute Gasteiger partial charge is 0.489 e. The molecule has 1 unspecified atom stereocenters. The molecule has 1 atom stereocenters. The monoisotopic (exact) mass is 449 g/mol. The van der Waals surface area contributed by atoms with Gasteiger partial charge in [-0.1, -0.05) is 48.9 Å². The Balaban J connectivity index is 1.15. The van der Waals surface area contributed by atoms with Crippen LogP contribution in [0.1, 0.15) is 56.1 Å². The number of carbonyl (C=O) groups is 1. The summed E-state index contributed by atoms with van der Waals surface area (Å²) in [5.41, 5.74) is 2.80. The molecule has 5 nitrogen and oxygen atoms in total. The zero-order valence-electron chi connectivity index (χ0n) is 20.0. The molecule has 5 heteroatoms. The highest BCUT2D eigenvalue weighted by molar-refractivity contribution is 5.78. The fraction of sp³-hybridized carbons (Fsp3) is 0.536. The van der Waals surface area contributed by atoms with Crippen LogP contribution in [0.4, 0.5) is 0 Å². The summed E-state index contributed by atoms with van der Waals surface area (Å²) in [4.78, 5) is 17.0. The third kappa shape index (κ3) is 7.58. The van der Waals surface area contributed by atoms with Gasteiger partial charge in [0, 0.05) is 6.54 Å². The standard InChI is InChI=1S/C28H39N3O2/c1-23(20-29-28(32)22-30-16-6-3-7-17-30)33-27-12-10-24(11-13-27)21-31-18-14-26(15-19-31)25-8-4-2-5-9-25/h2,4-5,8-13,23,26H,3,6-7,14-22H2,1H3,(H,29,32). The van der Waals surface area contributed by atoms with Crippen LogP contribution in [-0.4, -0.2) is 61.1 Å². The molecule has 2 aliphatic rings. The third-order valence-corrected chi connectivity index (χ3v) is 6.93. The Morgan fingerprint density at radius 2 is 1.64 bits per heavy atom. The van der Waals surface area contributed by atoms with Gasteiger partial charge < -0.3 is 10.1 Å². The highest BCUT2D eigenvalue weighted by atomic mass is 16.5. The highest BCUT2D eigenvalue weighted by Gasteiger charge is 2.20. The fourth-order valence-electron chi connectivity index (χ4n) is 4.99. The van der Waals surface area contributed by atoms with E-state index in [9.17, 15) is 4.79 Å². The van der Waals surface area contributed by atoms with Crippen LogP contribution >= 0.6 is 0 Å². The average molecular weight is 450 g/mol. The van der Waals surface area contributed by atoms with Crippen molar-refractivity contribution in [3.05, 3.63) is 65.7 Å². The molecule has 2 aliphatic heterocycles. The molecule has 1 amide bonds. The van der Waals surface area contributed by atoms with Crippen LogP contribution in [0.3, 0.4) is 0 Å². The molecule has 0 aromatic heterocycles. The number of piperidine rings is 2. The van der Waals surface area contributed by atoms with Gasteiger partial charge in [0.2, 0.25) is 5.91 Å². The molecule has 0 spiro atoms. The summed E-state index contributed by atoms with van der Waals surface area (Å²) >= 11 is 0. The molecule has 0 radical (unpaired) electrons. The Morgan fingerprint density at radius 1 is 0.939 bits per heavy atom. The first kappa shape index (κ1) is 23.8. The van der Waals surface area contributed by atoms with Crippen LogP contribution in [-0.2, 0) is 11.3 Å². The van der Waals surface area contributed by atoms with Crippen molar-refractivity contribution in [3.63, 3.8) is 0 Å². The van der Waals surface area contributed by atoms with Crippen LogP contribution < -0.4 is 10.1 Å². The van der Waals surface area contributed by atoms with Crippen molar-refractivity contribution < 1.29 is 9.53 Å². The zero-order valence-corrected chi connectivity index (χ0v) is 20.0. The minimum absolute atomic E-state index is 0.0572. The van der Waals surface area contributed by atoms with Gasteiger partial charge in [0.15, 0.2) is 0 Å². The molecule has 2 aromatic carbocycles. The quantitative estimate of drug-likeness (QED) is 0.615. The molecule has 0 aliphatic carbocycles. The van der Waals surface area contributed by atoms with Crippen molar-refractivity contribution in [2.45, 2.75) is 57.6 Å². The molecular formula is C28H39N3O2. The van der Waals surface area contributed by atoms with E-state index in [-0.39, 0.29) is 12.0 Å². The molecule has 33 heavy (non-hydrogen) atoms. The summed E-state index contributed by atoms with van der Waals surface area (Å²) < 4.78 is 6.02. The molecule has 1 N–H and O–H groups in total. The normalized spacial score (nSPS) is 19.2. The minimum atomic E-state index is -0.0572. The number of amides is 1. The first-order valence-electron chi connectivity index (χ1n) is 12.7. The van der Waals surface area contributed by atoms with E-state index < -0.39 is 0 Å². The lowest BCUT2D eigenvalue weighted by Gasteiger charge is -2.32. The van der Waals surface area contributed by atoms with Gasteiger partial charge in [-0.3, -0.25) is 14.6 Å². The van der Waals surface area contributed by atoms with E-state index >= 15 is 0 Å². The molecule has 2 saturated heterocycles. The molecule has 2 heterocycles. The Labute approximate surface area is 199 Å². The van der Waals surface area contributed by atoms with Gasteiger partial charge in [-0.15, -0.1) is 0 Å². The van der Waals surface area contributed by atoms with Crippen LogP contribution in [0.5, 0.6) is 5.75 Å². The molecular weight excluding hydrogens is 410 g/mol. The first-order valence-corrected chi connectivity index (χ1v) is 12.7. The SMILES string of the molecule is CC(CNC(=O)CN1CCCCC1)Oc1ccc(CN2CCC(c3ccccc3)CC2)cc1. The van der Waals surface area contributed by atoms with Gasteiger partial charge >= 0.3 is 0 Å². The van der Waals surface area contributed by atoms with E-state index in [1.807, 2.05) is 6.92 Å². The second-order valence-electron chi connectivity index (χ2n) is 9.67. The Kier molecular flexibility index (Phi) is 8.79. The lowest BCUT2D eigenvalue weighted by Crippen LogP contribution is -2.42. The van der Waals surface area contributed by atoms with Gasteiger partial charge in [0.25, 0.3) is 0 Å². The molecule has 0 saturated carbocycles. The average Bonchev–Trinajstić information content (AvgIpc) is 2.86. The van der Waals surface area contributed by atoms with Crippen molar-refractivity contribution in [3.8, 4) is 5.75 Å². The number of hydrogen-bond donors (Lipinski definition) is 1. The zero-order chi connectivity index (χ0) is 22.9. The predicted octanol–water partition coefficient (Wildman–Crippen LogP) is 4.44. The van der Waals surface area contributed by atoms with Gasteiger partial charge in [0.1, 0.15) is 11.9 Å². The lowest BCUT2D eigenvalue weighted by atomic mass is 9.89. The van der Waals surface area contributed by atoms with Crippen molar-refractivity contribution in [2.24, 2.45) is 0 Å². The first-order chi connectivity index (χ1) is 16.2. The fourth-order valence-corrected chi connectivity index (χ4v) is 4.99. The molecule has 178 valence electrons. The molecule has 2 fully saturated rings. The number of rotatable bonds is 9. The van der Waals surface area contributed by atoms with Gasteiger partial charge in [-0.05, 0) is 88.0 Å². The minimum Gasteiger partial charge on any atom is -0.489 e. The highest BCUT2D eigenvalue weighted by Crippen LogP contribution is 2.28. The summed E-state index contributed by atoms with van der Waals surface area (Å²) in [5, 5.41) is 3.02. The molecule has 4 rings (SSSR count). The number of nitrogens with zero attached hydrogens (tertiary/aromatic N) is 2. The van der Waals surface area contributed by atoms with Crippen LogP contribution in [0, 0.1) is 0 Å². The van der Waals surface area contributed by atoms with Crippen molar-refractivity contribution in [1.29, 1.82) is 0 Å². The van der Waals surface area contributed by atoms with Crippen molar-refractivity contribution in [1.82, 2.24) is 15.1 Å². The van der Waals surface area contributed by atoms with Gasteiger partial charge in [-0.2, -0.15) is 0 Å². The van der Waals surface area contributed by atoms with E-state index in [2.05, 4.69) is 69.7 Å². The van der Waals surface area contributed by atoms with Crippen molar-refractivity contribution in [2.75, 3.05) is 39.3 Å². The van der Waals surface area contributed by atoms with E-state index in [1.165, 1.54) is 43.2 Å². The third-order valence-electron chi connectivity index (χ3n) is 6.93. The van der Waals surface area contributed by atoms with E-state index in [4.69, 9.17) is 4.74 Å². The topological polar surface area (TPSA) is 44.8 Å². The summed E-state index contributed by atoms with van der Waals surface area (Å²) in [6.45, 7) is 8.40. The Hall–Kier alpha value is -2.37. The van der Waals surface area contributed by atoms with E-state index in [1.54, 1.807) is 0 Å². The maximum atomic E-state index is 12.2. The maximum absolute atomic E-state index is 12.2. The van der Waals surface area contributed by atoms with Gasteiger partial charge in [-0.25, -0.2) is 0 Å². The number of benzene rings is 2.